The highest BCUT2D eigenvalue weighted by molar-refractivity contribution is 8.13. The zero-order valence-corrected chi connectivity index (χ0v) is 12.0. The molecule has 0 bridgehead atoms. The summed E-state index contributed by atoms with van der Waals surface area (Å²) in [6, 6.07) is 5.87. The molecule has 0 unspecified atom stereocenters. The minimum atomic E-state index is 0.558. The second-order valence-corrected chi connectivity index (χ2v) is 4.81. The second kappa shape index (κ2) is 5.81. The van der Waals surface area contributed by atoms with Gasteiger partial charge in [0.2, 0.25) is 0 Å². The van der Waals surface area contributed by atoms with Crippen molar-refractivity contribution in [2.75, 3.05) is 6.26 Å². The molecule has 0 saturated heterocycles. The molecule has 0 amide bonds. The van der Waals surface area contributed by atoms with Gasteiger partial charge in [0.15, 0.2) is 16.9 Å². The maximum absolute atomic E-state index is 8.67. The number of benzene rings is 1. The van der Waals surface area contributed by atoms with Crippen LogP contribution in [0.2, 0.25) is 0 Å². The number of hydrogen-bond acceptors (Lipinski definition) is 4. The molecule has 1 aromatic heterocycles. The van der Waals surface area contributed by atoms with E-state index in [1.54, 1.807) is 0 Å². The van der Waals surface area contributed by atoms with E-state index in [-0.39, 0.29) is 0 Å². The fourth-order valence-electron chi connectivity index (χ4n) is 1.98. The van der Waals surface area contributed by atoms with Gasteiger partial charge in [0, 0.05) is 11.8 Å². The molecule has 98 valence electrons. The molecule has 0 saturated carbocycles. The summed E-state index contributed by atoms with van der Waals surface area (Å²) in [5.41, 5.74) is 2.68. The first-order chi connectivity index (χ1) is 9.21. The molecular weight excluding hydrogens is 258 g/mol. The van der Waals surface area contributed by atoms with Crippen LogP contribution in [0.5, 0.6) is 0 Å². The van der Waals surface area contributed by atoms with Gasteiger partial charge in [-0.05, 0) is 24.8 Å². The van der Waals surface area contributed by atoms with Crippen LogP contribution in [0.15, 0.2) is 27.6 Å². The van der Waals surface area contributed by atoms with Gasteiger partial charge in [0.25, 0.3) is 0 Å². The van der Waals surface area contributed by atoms with Gasteiger partial charge in [-0.2, -0.15) is 5.26 Å². The SMILES string of the molecule is CCc1oc2c(N=C(NC#N)SC)cccc2c1C. The first kappa shape index (κ1) is 13.5. The number of furan rings is 1. The van der Waals surface area contributed by atoms with Crippen molar-refractivity contribution >= 4 is 33.6 Å². The van der Waals surface area contributed by atoms with E-state index < -0.39 is 0 Å². The Bertz CT molecular complexity index is 667. The van der Waals surface area contributed by atoms with Crippen LogP contribution in [-0.4, -0.2) is 11.4 Å². The summed E-state index contributed by atoms with van der Waals surface area (Å²) in [4.78, 5) is 4.44. The van der Waals surface area contributed by atoms with Gasteiger partial charge < -0.3 is 4.42 Å². The van der Waals surface area contributed by atoms with Crippen LogP contribution in [0.3, 0.4) is 0 Å². The molecule has 1 heterocycles. The highest BCUT2D eigenvalue weighted by Crippen LogP contribution is 2.33. The van der Waals surface area contributed by atoms with Gasteiger partial charge in [0.1, 0.15) is 11.4 Å². The van der Waals surface area contributed by atoms with E-state index in [1.807, 2.05) is 30.6 Å². The monoisotopic (exact) mass is 273 g/mol. The third-order valence-electron chi connectivity index (χ3n) is 2.94. The van der Waals surface area contributed by atoms with Crippen molar-refractivity contribution < 1.29 is 4.42 Å². The van der Waals surface area contributed by atoms with Crippen LogP contribution >= 0.6 is 11.8 Å². The Morgan fingerprint density at radius 1 is 1.53 bits per heavy atom. The highest BCUT2D eigenvalue weighted by atomic mass is 32.2. The molecule has 1 N–H and O–H groups in total. The van der Waals surface area contributed by atoms with Crippen LogP contribution in [0.25, 0.3) is 11.0 Å². The van der Waals surface area contributed by atoms with E-state index in [9.17, 15) is 0 Å². The Morgan fingerprint density at radius 2 is 2.32 bits per heavy atom. The van der Waals surface area contributed by atoms with Crippen molar-refractivity contribution in [1.82, 2.24) is 5.32 Å². The van der Waals surface area contributed by atoms with Gasteiger partial charge in [-0.3, -0.25) is 5.32 Å². The molecule has 0 aliphatic heterocycles. The minimum Gasteiger partial charge on any atom is -0.459 e. The molecule has 0 atom stereocenters. The number of amidine groups is 1. The van der Waals surface area contributed by atoms with Gasteiger partial charge in [-0.15, -0.1) is 0 Å². The number of thioether (sulfide) groups is 1. The molecule has 2 aromatic rings. The Kier molecular flexibility index (Phi) is 4.13. The van der Waals surface area contributed by atoms with Crippen molar-refractivity contribution in [3.8, 4) is 6.19 Å². The summed E-state index contributed by atoms with van der Waals surface area (Å²) in [6.07, 6.45) is 4.61. The Morgan fingerprint density at radius 3 is 2.95 bits per heavy atom. The lowest BCUT2D eigenvalue weighted by atomic mass is 10.1. The topological polar surface area (TPSA) is 61.3 Å². The van der Waals surface area contributed by atoms with Crippen LogP contribution in [0.1, 0.15) is 18.2 Å². The average molecular weight is 273 g/mol. The molecule has 4 nitrogen and oxygen atoms in total. The number of nitrogens with one attached hydrogen (secondary N) is 1. The lowest BCUT2D eigenvalue weighted by Gasteiger charge is -2.00. The summed E-state index contributed by atoms with van der Waals surface area (Å²) in [5.74, 6) is 0.983. The van der Waals surface area contributed by atoms with E-state index in [0.29, 0.717) is 5.17 Å². The van der Waals surface area contributed by atoms with Gasteiger partial charge in [-0.1, -0.05) is 30.8 Å². The first-order valence-electron chi connectivity index (χ1n) is 6.00. The van der Waals surface area contributed by atoms with E-state index in [2.05, 4.69) is 24.2 Å². The van der Waals surface area contributed by atoms with Crippen molar-refractivity contribution in [2.24, 2.45) is 4.99 Å². The fraction of sp³-hybridized carbons (Fsp3) is 0.286. The lowest BCUT2D eigenvalue weighted by molar-refractivity contribution is 0.554. The molecule has 0 fully saturated rings. The molecule has 1 aromatic carbocycles. The molecule has 0 aliphatic carbocycles. The maximum atomic E-state index is 8.67. The average Bonchev–Trinajstić information content (AvgIpc) is 2.76. The number of para-hydroxylation sites is 1. The van der Waals surface area contributed by atoms with Crippen molar-refractivity contribution in [3.63, 3.8) is 0 Å². The summed E-state index contributed by atoms with van der Waals surface area (Å²) in [7, 11) is 0. The quantitative estimate of drug-likeness (QED) is 0.392. The molecule has 19 heavy (non-hydrogen) atoms. The van der Waals surface area contributed by atoms with Crippen LogP contribution in [0, 0.1) is 18.4 Å². The smallest absolute Gasteiger partial charge is 0.183 e. The lowest BCUT2D eigenvalue weighted by Crippen LogP contribution is -2.12. The number of rotatable bonds is 2. The second-order valence-electron chi connectivity index (χ2n) is 4.02. The number of aryl methyl sites for hydroxylation is 2. The molecule has 0 radical (unpaired) electrons. The number of nitriles is 1. The molecule has 2 rings (SSSR count). The third kappa shape index (κ3) is 2.59. The Hall–Kier alpha value is -1.93. The van der Waals surface area contributed by atoms with Crippen LogP contribution in [-0.2, 0) is 6.42 Å². The standard InChI is InChI=1S/C14H15N3OS/c1-4-12-9(2)10-6-5-7-11(13(10)18-12)17-14(19-3)16-8-15/h5-7H,4H2,1-3H3,(H,16,17). The van der Waals surface area contributed by atoms with E-state index in [4.69, 9.17) is 9.68 Å². The number of nitrogens with zero attached hydrogens (tertiary/aromatic N) is 2. The molecular formula is C14H15N3OS. The zero-order valence-electron chi connectivity index (χ0n) is 11.2. The van der Waals surface area contributed by atoms with Crippen molar-refractivity contribution in [1.29, 1.82) is 5.26 Å². The predicted molar refractivity (Wildman–Crippen MR) is 79.7 cm³/mol. The summed E-state index contributed by atoms with van der Waals surface area (Å²) < 4.78 is 5.88. The summed E-state index contributed by atoms with van der Waals surface area (Å²) in [5, 5.41) is 12.9. The Labute approximate surface area is 116 Å². The minimum absolute atomic E-state index is 0.558. The zero-order chi connectivity index (χ0) is 13.8. The van der Waals surface area contributed by atoms with Crippen LogP contribution < -0.4 is 5.32 Å². The fourth-order valence-corrected chi connectivity index (χ4v) is 2.32. The summed E-state index contributed by atoms with van der Waals surface area (Å²) >= 11 is 1.39. The highest BCUT2D eigenvalue weighted by Gasteiger charge is 2.12. The van der Waals surface area contributed by atoms with E-state index >= 15 is 0 Å². The van der Waals surface area contributed by atoms with Crippen molar-refractivity contribution in [3.05, 3.63) is 29.5 Å². The first-order valence-corrected chi connectivity index (χ1v) is 7.22. The largest absolute Gasteiger partial charge is 0.459 e. The van der Waals surface area contributed by atoms with Crippen molar-refractivity contribution in [2.45, 2.75) is 20.3 Å². The molecule has 0 spiro atoms. The maximum Gasteiger partial charge on any atom is 0.183 e. The van der Waals surface area contributed by atoms with Gasteiger partial charge in [-0.25, -0.2) is 4.99 Å². The van der Waals surface area contributed by atoms with Crippen LogP contribution in [0.4, 0.5) is 5.69 Å². The van der Waals surface area contributed by atoms with Gasteiger partial charge >= 0.3 is 0 Å². The Balaban J connectivity index is 2.59. The number of aliphatic imine (C=N–C) groups is 1. The third-order valence-corrected chi connectivity index (χ3v) is 3.52. The van der Waals surface area contributed by atoms with E-state index in [1.165, 1.54) is 11.8 Å². The van der Waals surface area contributed by atoms with Gasteiger partial charge in [0.05, 0.1) is 0 Å². The summed E-state index contributed by atoms with van der Waals surface area (Å²) in [6.45, 7) is 4.12. The molecule has 5 heteroatoms. The number of fused-ring (bicyclic) bond motifs is 1. The molecule has 0 aliphatic rings. The predicted octanol–water partition coefficient (Wildman–Crippen LogP) is 3.72. The number of hydrogen-bond donors (Lipinski definition) is 1. The van der Waals surface area contributed by atoms with E-state index in [0.717, 1.165) is 34.4 Å². The normalized spacial score (nSPS) is 11.6.